The summed E-state index contributed by atoms with van der Waals surface area (Å²) in [6.07, 6.45) is 0. The van der Waals surface area contributed by atoms with Crippen LogP contribution in [0.2, 0.25) is 0 Å². The van der Waals surface area contributed by atoms with E-state index in [1.807, 2.05) is 0 Å². The van der Waals surface area contributed by atoms with Gasteiger partial charge in [-0.15, -0.1) is 0 Å². The number of pyridine rings is 1. The van der Waals surface area contributed by atoms with Crippen molar-refractivity contribution in [2.45, 2.75) is 0 Å². The smallest absolute Gasteiger partial charge is 0.256 e. The van der Waals surface area contributed by atoms with Gasteiger partial charge in [0.1, 0.15) is 11.5 Å². The number of hydrogen-bond acceptors (Lipinski definition) is 3. The van der Waals surface area contributed by atoms with Crippen molar-refractivity contribution < 1.29 is 9.84 Å². The molecular weight excluding hydrogens is 254 g/mol. The third-order valence-electron chi connectivity index (χ3n) is 3.28. The van der Waals surface area contributed by atoms with Crippen molar-refractivity contribution in [1.29, 1.82) is 0 Å². The van der Waals surface area contributed by atoms with Crippen LogP contribution in [0.3, 0.4) is 0 Å². The van der Waals surface area contributed by atoms with E-state index in [-0.39, 0.29) is 11.3 Å². The lowest BCUT2D eigenvalue weighted by atomic mass is 10.1. The molecule has 0 atom stereocenters. The molecule has 1 heterocycles. The Morgan fingerprint density at radius 3 is 2.30 bits per heavy atom. The SMILES string of the molecule is COc1ccc(-c2[nH]c(=O)c3ccccc3c2O)cc1. The first-order valence-electron chi connectivity index (χ1n) is 6.19. The number of ether oxygens (including phenoxy) is 1. The molecule has 0 unspecified atom stereocenters. The van der Waals surface area contributed by atoms with E-state index in [9.17, 15) is 9.90 Å². The molecule has 2 N–H and O–H groups in total. The summed E-state index contributed by atoms with van der Waals surface area (Å²) < 4.78 is 5.09. The zero-order valence-corrected chi connectivity index (χ0v) is 10.9. The first kappa shape index (κ1) is 12.3. The summed E-state index contributed by atoms with van der Waals surface area (Å²) in [7, 11) is 1.59. The van der Waals surface area contributed by atoms with Gasteiger partial charge in [-0.2, -0.15) is 0 Å². The Morgan fingerprint density at radius 2 is 1.65 bits per heavy atom. The van der Waals surface area contributed by atoms with Crippen molar-refractivity contribution in [1.82, 2.24) is 4.98 Å². The molecule has 0 saturated carbocycles. The monoisotopic (exact) mass is 267 g/mol. The number of H-pyrrole nitrogens is 1. The fraction of sp³-hybridized carbons (Fsp3) is 0.0625. The van der Waals surface area contributed by atoms with E-state index < -0.39 is 0 Å². The Hall–Kier alpha value is -2.75. The number of methoxy groups -OCH3 is 1. The van der Waals surface area contributed by atoms with E-state index in [4.69, 9.17) is 4.74 Å². The molecule has 100 valence electrons. The molecule has 0 spiro atoms. The van der Waals surface area contributed by atoms with E-state index in [0.717, 1.165) is 11.3 Å². The van der Waals surface area contributed by atoms with Gasteiger partial charge in [-0.25, -0.2) is 0 Å². The molecule has 0 aliphatic rings. The van der Waals surface area contributed by atoms with Gasteiger partial charge in [-0.1, -0.05) is 18.2 Å². The number of aromatic hydroxyl groups is 1. The van der Waals surface area contributed by atoms with Crippen LogP contribution in [0.1, 0.15) is 0 Å². The van der Waals surface area contributed by atoms with Crippen LogP contribution in [0, 0.1) is 0 Å². The average Bonchev–Trinajstić information content (AvgIpc) is 2.51. The minimum atomic E-state index is -0.218. The lowest BCUT2D eigenvalue weighted by molar-refractivity contribution is 0.415. The normalized spacial score (nSPS) is 10.7. The molecule has 1 aromatic heterocycles. The maximum atomic E-state index is 12.1. The largest absolute Gasteiger partial charge is 0.505 e. The highest BCUT2D eigenvalue weighted by Gasteiger charge is 2.11. The van der Waals surface area contributed by atoms with Gasteiger partial charge in [0.2, 0.25) is 0 Å². The quantitative estimate of drug-likeness (QED) is 0.750. The van der Waals surface area contributed by atoms with Gasteiger partial charge in [0, 0.05) is 10.9 Å². The highest BCUT2D eigenvalue weighted by Crippen LogP contribution is 2.32. The second-order valence-corrected chi connectivity index (χ2v) is 4.45. The maximum absolute atomic E-state index is 12.1. The zero-order chi connectivity index (χ0) is 14.1. The fourth-order valence-electron chi connectivity index (χ4n) is 2.23. The predicted molar refractivity (Wildman–Crippen MR) is 78.2 cm³/mol. The second kappa shape index (κ2) is 4.74. The van der Waals surface area contributed by atoms with E-state index >= 15 is 0 Å². The molecule has 3 rings (SSSR count). The van der Waals surface area contributed by atoms with E-state index in [1.165, 1.54) is 0 Å². The first-order chi connectivity index (χ1) is 9.70. The van der Waals surface area contributed by atoms with Crippen molar-refractivity contribution in [2.24, 2.45) is 0 Å². The molecule has 20 heavy (non-hydrogen) atoms. The lowest BCUT2D eigenvalue weighted by Crippen LogP contribution is -2.07. The zero-order valence-electron chi connectivity index (χ0n) is 10.9. The van der Waals surface area contributed by atoms with Crippen molar-refractivity contribution in [3.05, 3.63) is 58.9 Å². The van der Waals surface area contributed by atoms with Crippen LogP contribution in [-0.4, -0.2) is 17.2 Å². The molecule has 0 amide bonds. The Bertz CT molecular complexity index is 819. The van der Waals surface area contributed by atoms with Crippen LogP contribution in [0.25, 0.3) is 22.0 Å². The van der Waals surface area contributed by atoms with Crippen LogP contribution in [0.4, 0.5) is 0 Å². The number of nitrogens with one attached hydrogen (secondary N) is 1. The van der Waals surface area contributed by atoms with Gasteiger partial charge in [0.15, 0.2) is 0 Å². The Kier molecular flexibility index (Phi) is 2.91. The number of aromatic amines is 1. The predicted octanol–water partition coefficient (Wildman–Crippen LogP) is 2.91. The highest BCUT2D eigenvalue weighted by molar-refractivity contribution is 5.92. The highest BCUT2D eigenvalue weighted by atomic mass is 16.5. The summed E-state index contributed by atoms with van der Waals surface area (Å²) in [5, 5.41) is 11.4. The van der Waals surface area contributed by atoms with Crippen LogP contribution in [0.15, 0.2) is 53.3 Å². The standard InChI is InChI=1S/C16H13NO3/c1-20-11-8-6-10(7-9-11)14-15(18)12-4-2-3-5-13(12)16(19)17-14/h2-9,18H,1H3,(H,17,19). The molecule has 0 bridgehead atoms. The summed E-state index contributed by atoms with van der Waals surface area (Å²) in [4.78, 5) is 14.8. The number of fused-ring (bicyclic) bond motifs is 1. The fourth-order valence-corrected chi connectivity index (χ4v) is 2.23. The van der Waals surface area contributed by atoms with E-state index in [1.54, 1.807) is 55.6 Å². The van der Waals surface area contributed by atoms with E-state index in [0.29, 0.717) is 16.5 Å². The van der Waals surface area contributed by atoms with Gasteiger partial charge in [0.25, 0.3) is 5.56 Å². The maximum Gasteiger partial charge on any atom is 0.256 e. The molecule has 4 heteroatoms. The molecule has 3 aromatic rings. The third-order valence-corrected chi connectivity index (χ3v) is 3.28. The molecule has 0 fully saturated rings. The van der Waals surface area contributed by atoms with Gasteiger partial charge < -0.3 is 14.8 Å². The molecule has 2 aromatic carbocycles. The van der Waals surface area contributed by atoms with Crippen molar-refractivity contribution >= 4 is 10.8 Å². The minimum absolute atomic E-state index is 0.0744. The van der Waals surface area contributed by atoms with Crippen LogP contribution in [-0.2, 0) is 0 Å². The topological polar surface area (TPSA) is 62.3 Å². The Morgan fingerprint density at radius 1 is 1.00 bits per heavy atom. The van der Waals surface area contributed by atoms with Crippen LogP contribution < -0.4 is 10.3 Å². The molecule has 4 nitrogen and oxygen atoms in total. The number of rotatable bonds is 2. The number of hydrogen-bond donors (Lipinski definition) is 2. The van der Waals surface area contributed by atoms with Crippen LogP contribution >= 0.6 is 0 Å². The van der Waals surface area contributed by atoms with Crippen molar-refractivity contribution in [3.63, 3.8) is 0 Å². The first-order valence-corrected chi connectivity index (χ1v) is 6.19. The summed E-state index contributed by atoms with van der Waals surface area (Å²) >= 11 is 0. The molecule has 0 radical (unpaired) electrons. The van der Waals surface area contributed by atoms with Gasteiger partial charge in [-0.3, -0.25) is 4.79 Å². The summed E-state index contributed by atoms with van der Waals surface area (Å²) in [6, 6.07) is 14.1. The van der Waals surface area contributed by atoms with Crippen molar-refractivity contribution in [2.75, 3.05) is 7.11 Å². The second-order valence-electron chi connectivity index (χ2n) is 4.45. The Balaban J connectivity index is 2.25. The lowest BCUT2D eigenvalue weighted by Gasteiger charge is -2.08. The minimum Gasteiger partial charge on any atom is -0.505 e. The van der Waals surface area contributed by atoms with Crippen LogP contribution in [0.5, 0.6) is 11.5 Å². The molecule has 0 aliphatic heterocycles. The van der Waals surface area contributed by atoms with Gasteiger partial charge in [-0.05, 0) is 30.3 Å². The van der Waals surface area contributed by atoms with E-state index in [2.05, 4.69) is 4.98 Å². The van der Waals surface area contributed by atoms with Gasteiger partial charge >= 0.3 is 0 Å². The summed E-state index contributed by atoms with van der Waals surface area (Å²) in [5.41, 5.74) is 0.923. The summed E-state index contributed by atoms with van der Waals surface area (Å²) in [6.45, 7) is 0. The molecular formula is C16H13NO3. The Labute approximate surface area is 115 Å². The third kappa shape index (κ3) is 1.91. The average molecular weight is 267 g/mol. The number of aromatic nitrogens is 1. The number of benzene rings is 2. The van der Waals surface area contributed by atoms with Gasteiger partial charge in [0.05, 0.1) is 18.2 Å². The molecule has 0 aliphatic carbocycles. The van der Waals surface area contributed by atoms with Crippen molar-refractivity contribution in [3.8, 4) is 22.8 Å². The summed E-state index contributed by atoms with van der Waals surface area (Å²) in [5.74, 6) is 0.793. The molecule has 0 saturated heterocycles.